The Balaban J connectivity index is 1.40. The Morgan fingerprint density at radius 1 is 1.23 bits per heavy atom. The standard InChI is InChI=1S/C16H22O6/c1-14(2)7(21-14)5-8-15(3,22-8)12-10(18-4)9(17)11-13(20-11)16(12)6-19-16/h7-8,10-13H,5-6H2,1-4H3/t7?,8-,10-,11?,12-,13?,15-,16+/m1/s1. The summed E-state index contributed by atoms with van der Waals surface area (Å²) in [4.78, 5) is 12.5. The molecule has 8 atom stereocenters. The monoisotopic (exact) mass is 310 g/mol. The van der Waals surface area contributed by atoms with E-state index < -0.39 is 11.7 Å². The fourth-order valence-corrected chi connectivity index (χ4v) is 4.61. The van der Waals surface area contributed by atoms with Crippen LogP contribution in [-0.2, 0) is 28.5 Å². The first-order valence-corrected chi connectivity index (χ1v) is 8.05. The molecule has 4 saturated heterocycles. The summed E-state index contributed by atoms with van der Waals surface area (Å²) in [6, 6.07) is 0. The summed E-state index contributed by atoms with van der Waals surface area (Å²) in [7, 11) is 1.59. The molecular weight excluding hydrogens is 288 g/mol. The molecule has 0 N–H and O–H groups in total. The Hall–Kier alpha value is -0.530. The van der Waals surface area contributed by atoms with Crippen LogP contribution >= 0.6 is 0 Å². The van der Waals surface area contributed by atoms with Crippen molar-refractivity contribution < 1.29 is 28.5 Å². The first-order valence-electron chi connectivity index (χ1n) is 8.05. The quantitative estimate of drug-likeness (QED) is 0.702. The molecule has 1 aliphatic carbocycles. The lowest BCUT2D eigenvalue weighted by Gasteiger charge is -2.35. The van der Waals surface area contributed by atoms with E-state index in [-0.39, 0.29) is 47.3 Å². The molecule has 0 amide bonds. The van der Waals surface area contributed by atoms with E-state index in [0.717, 1.165) is 6.42 Å². The second-order valence-corrected chi connectivity index (χ2v) is 7.99. The first-order chi connectivity index (χ1) is 10.3. The molecule has 1 saturated carbocycles. The summed E-state index contributed by atoms with van der Waals surface area (Å²) in [6.45, 7) is 6.88. The molecule has 0 aromatic heterocycles. The van der Waals surface area contributed by atoms with Crippen molar-refractivity contribution in [3.05, 3.63) is 0 Å². The highest BCUT2D eigenvalue weighted by atomic mass is 16.7. The number of epoxide rings is 4. The summed E-state index contributed by atoms with van der Waals surface area (Å²) in [5, 5.41) is 0. The van der Waals surface area contributed by atoms with Crippen molar-refractivity contribution >= 4 is 5.78 Å². The highest BCUT2D eigenvalue weighted by Crippen LogP contribution is 2.63. The SMILES string of the molecule is CO[C@@H]1C(=O)C2OC2[C@]2(CO2)[C@H]1[C@]1(C)O[C@@H]1CC1OC1(C)C. The molecule has 3 unspecified atom stereocenters. The molecule has 5 aliphatic rings. The van der Waals surface area contributed by atoms with Crippen molar-refractivity contribution in [1.29, 1.82) is 0 Å². The average Bonchev–Trinajstić information content (AvgIpc) is 3.28. The van der Waals surface area contributed by atoms with Crippen molar-refractivity contribution in [3.8, 4) is 0 Å². The molecule has 5 fully saturated rings. The van der Waals surface area contributed by atoms with Crippen LogP contribution < -0.4 is 0 Å². The summed E-state index contributed by atoms with van der Waals surface area (Å²) < 4.78 is 28.7. The molecule has 0 radical (unpaired) electrons. The average molecular weight is 310 g/mol. The summed E-state index contributed by atoms with van der Waals surface area (Å²) in [5.74, 6) is -0.0646. The molecule has 122 valence electrons. The first kappa shape index (κ1) is 13.9. The highest BCUT2D eigenvalue weighted by molar-refractivity contribution is 5.92. The topological polar surface area (TPSA) is 76.4 Å². The Morgan fingerprint density at radius 2 is 1.91 bits per heavy atom. The van der Waals surface area contributed by atoms with Crippen molar-refractivity contribution in [2.45, 2.75) is 74.5 Å². The highest BCUT2D eigenvalue weighted by Gasteiger charge is 2.82. The van der Waals surface area contributed by atoms with Gasteiger partial charge in [0, 0.05) is 13.5 Å². The van der Waals surface area contributed by atoms with Crippen LogP contribution in [0, 0.1) is 5.92 Å². The number of methoxy groups -OCH3 is 1. The molecule has 0 aromatic carbocycles. The molecule has 6 nitrogen and oxygen atoms in total. The second kappa shape index (κ2) is 3.75. The molecular formula is C16H22O6. The number of ether oxygens (including phenoxy) is 5. The number of hydrogen-bond acceptors (Lipinski definition) is 6. The molecule has 0 aromatic rings. The zero-order valence-corrected chi connectivity index (χ0v) is 13.3. The van der Waals surface area contributed by atoms with Gasteiger partial charge in [-0.15, -0.1) is 0 Å². The lowest BCUT2D eigenvalue weighted by Crippen LogP contribution is -2.57. The lowest BCUT2D eigenvalue weighted by molar-refractivity contribution is -0.139. The van der Waals surface area contributed by atoms with E-state index in [9.17, 15) is 4.79 Å². The molecule has 4 aliphatic heterocycles. The van der Waals surface area contributed by atoms with Crippen LogP contribution in [0.4, 0.5) is 0 Å². The molecule has 6 heteroatoms. The zero-order valence-electron chi connectivity index (χ0n) is 13.3. The fraction of sp³-hybridized carbons (Fsp3) is 0.938. The van der Waals surface area contributed by atoms with Crippen molar-refractivity contribution in [2.75, 3.05) is 13.7 Å². The molecule has 4 heterocycles. The predicted molar refractivity (Wildman–Crippen MR) is 73.5 cm³/mol. The van der Waals surface area contributed by atoms with Crippen molar-refractivity contribution in [3.63, 3.8) is 0 Å². The summed E-state index contributed by atoms with van der Waals surface area (Å²) in [5.41, 5.74) is -0.831. The van der Waals surface area contributed by atoms with Crippen LogP contribution in [0.2, 0.25) is 0 Å². The van der Waals surface area contributed by atoms with E-state index in [1.165, 1.54) is 0 Å². The van der Waals surface area contributed by atoms with Gasteiger partial charge in [-0.3, -0.25) is 4.79 Å². The fourth-order valence-electron chi connectivity index (χ4n) is 4.61. The minimum Gasteiger partial charge on any atom is -0.373 e. The van der Waals surface area contributed by atoms with E-state index in [2.05, 4.69) is 20.8 Å². The van der Waals surface area contributed by atoms with E-state index in [1.807, 2.05) is 0 Å². The third-order valence-corrected chi connectivity index (χ3v) is 6.28. The van der Waals surface area contributed by atoms with Gasteiger partial charge >= 0.3 is 0 Å². The summed E-state index contributed by atoms with van der Waals surface area (Å²) in [6.07, 6.45) is 0.235. The predicted octanol–water partition coefficient (Wildman–Crippen LogP) is 0.462. The molecule has 0 bridgehead atoms. The Labute approximate surface area is 129 Å². The maximum Gasteiger partial charge on any atom is 0.193 e. The Bertz CT molecular complexity index is 555. The maximum atomic E-state index is 12.5. The zero-order chi connectivity index (χ0) is 15.5. The molecule has 22 heavy (non-hydrogen) atoms. The smallest absolute Gasteiger partial charge is 0.193 e. The van der Waals surface area contributed by atoms with Gasteiger partial charge < -0.3 is 23.7 Å². The number of fused-ring (bicyclic) bond motifs is 2. The molecule has 1 spiro atoms. The van der Waals surface area contributed by atoms with Gasteiger partial charge in [-0.1, -0.05) is 0 Å². The van der Waals surface area contributed by atoms with Crippen molar-refractivity contribution in [1.82, 2.24) is 0 Å². The van der Waals surface area contributed by atoms with Crippen LogP contribution in [0.3, 0.4) is 0 Å². The van der Waals surface area contributed by atoms with Gasteiger partial charge in [0.1, 0.15) is 29.5 Å². The van der Waals surface area contributed by atoms with Gasteiger partial charge in [0.05, 0.1) is 30.3 Å². The van der Waals surface area contributed by atoms with Crippen LogP contribution in [-0.4, -0.2) is 66.8 Å². The summed E-state index contributed by atoms with van der Waals surface area (Å²) >= 11 is 0. The minimum absolute atomic E-state index is 0.0390. The number of rotatable bonds is 4. The minimum atomic E-state index is -0.505. The maximum absolute atomic E-state index is 12.5. The lowest BCUT2D eigenvalue weighted by atomic mass is 9.68. The number of hydrogen-bond donors (Lipinski definition) is 0. The van der Waals surface area contributed by atoms with Gasteiger partial charge in [-0.25, -0.2) is 0 Å². The largest absolute Gasteiger partial charge is 0.373 e. The van der Waals surface area contributed by atoms with Gasteiger partial charge in [0.15, 0.2) is 5.78 Å². The van der Waals surface area contributed by atoms with Crippen LogP contribution in [0.5, 0.6) is 0 Å². The van der Waals surface area contributed by atoms with Gasteiger partial charge in [0.25, 0.3) is 0 Å². The normalized spacial score (nSPS) is 60.1. The van der Waals surface area contributed by atoms with Crippen molar-refractivity contribution in [2.24, 2.45) is 5.92 Å². The second-order valence-electron chi connectivity index (χ2n) is 7.99. The third kappa shape index (κ3) is 1.60. The third-order valence-electron chi connectivity index (χ3n) is 6.28. The number of ketones is 1. The number of carbonyl (C=O) groups excluding carboxylic acids is 1. The van der Waals surface area contributed by atoms with Crippen LogP contribution in [0.25, 0.3) is 0 Å². The number of Topliss-reactive ketones (excluding diaryl/α,β-unsaturated/α-hetero) is 1. The van der Waals surface area contributed by atoms with Crippen LogP contribution in [0.1, 0.15) is 27.2 Å². The van der Waals surface area contributed by atoms with E-state index in [4.69, 9.17) is 23.7 Å². The number of carbonyl (C=O) groups is 1. The van der Waals surface area contributed by atoms with Gasteiger partial charge in [0.2, 0.25) is 0 Å². The van der Waals surface area contributed by atoms with Gasteiger partial charge in [-0.2, -0.15) is 0 Å². The van der Waals surface area contributed by atoms with Crippen LogP contribution in [0.15, 0.2) is 0 Å². The van der Waals surface area contributed by atoms with Gasteiger partial charge in [-0.05, 0) is 20.8 Å². The Kier molecular flexibility index (Phi) is 2.37. The van der Waals surface area contributed by atoms with E-state index >= 15 is 0 Å². The van der Waals surface area contributed by atoms with E-state index in [1.54, 1.807) is 7.11 Å². The molecule has 5 rings (SSSR count). The van der Waals surface area contributed by atoms with E-state index in [0.29, 0.717) is 6.61 Å². The Morgan fingerprint density at radius 3 is 2.45 bits per heavy atom.